The topological polar surface area (TPSA) is 17.1 Å². The predicted octanol–water partition coefficient (Wildman–Crippen LogP) is 2.22. The zero-order chi connectivity index (χ0) is 6.12. The van der Waals surface area contributed by atoms with Crippen LogP contribution in [0.4, 0.5) is 0 Å². The number of carbonyl (C=O) groups excluding carboxylic acids is 1. The van der Waals surface area contributed by atoms with Crippen molar-refractivity contribution in [3.8, 4) is 0 Å². The average Bonchev–Trinajstić information content (AvgIpc) is 1.69. The van der Waals surface area contributed by atoms with Crippen LogP contribution in [0, 0.1) is 0 Å². The van der Waals surface area contributed by atoms with Gasteiger partial charge < -0.3 is 0 Å². The molecule has 0 saturated heterocycles. The Hall–Kier alpha value is -0.0400. The molecule has 0 spiro atoms. The molecular weight excluding hydrogens is 112 g/mol. The van der Waals surface area contributed by atoms with Crippen molar-refractivity contribution in [1.29, 1.82) is 0 Å². The molecule has 0 unspecified atom stereocenters. The van der Waals surface area contributed by atoms with E-state index in [1.807, 2.05) is 0 Å². The van der Waals surface area contributed by atoms with Crippen LogP contribution in [0.25, 0.3) is 0 Å². The van der Waals surface area contributed by atoms with Crippen LogP contribution in [0.5, 0.6) is 0 Å². The second-order valence-electron chi connectivity index (χ2n) is 1.09. The summed E-state index contributed by atoms with van der Waals surface area (Å²) in [5.41, 5.74) is 0. The quantitative estimate of drug-likeness (QED) is 0.385. The molecule has 0 rings (SSSR count). The highest BCUT2D eigenvalue weighted by molar-refractivity contribution is 6.54. The van der Waals surface area contributed by atoms with Gasteiger partial charge in [-0.2, -0.15) is 0 Å². The lowest BCUT2D eigenvalue weighted by Gasteiger charge is -1.68. The molecule has 0 amide bonds. The fourth-order valence-electron chi connectivity index (χ4n) is 0. The molecule has 44 valence electrons. The maximum atomic E-state index is 8.57. The van der Waals surface area contributed by atoms with Gasteiger partial charge in [-0.15, -0.1) is 0 Å². The number of halogens is 1. The van der Waals surface area contributed by atoms with Crippen molar-refractivity contribution in [3.05, 3.63) is 0 Å². The largest absolute Gasteiger partial charge is 0.285 e. The van der Waals surface area contributed by atoms with Crippen LogP contribution in [-0.2, 0) is 4.79 Å². The van der Waals surface area contributed by atoms with Crippen molar-refractivity contribution < 1.29 is 4.79 Å². The Morgan fingerprint density at radius 2 is 1.57 bits per heavy atom. The molecule has 1 nitrogen and oxygen atoms in total. The summed E-state index contributed by atoms with van der Waals surface area (Å²) in [6, 6.07) is 0. The summed E-state index contributed by atoms with van der Waals surface area (Å²) < 4.78 is 0. The Bertz CT molecular complexity index is 27.3. The fraction of sp³-hybridized carbons (Fsp3) is 0.800. The van der Waals surface area contributed by atoms with E-state index in [0.29, 0.717) is 0 Å². The van der Waals surface area contributed by atoms with Crippen molar-refractivity contribution in [1.82, 2.24) is 0 Å². The fourth-order valence-corrected chi connectivity index (χ4v) is 0. The lowest BCUT2D eigenvalue weighted by molar-refractivity contribution is 0.569. The first-order valence-electron chi connectivity index (χ1n) is 2.37. The first-order valence-corrected chi connectivity index (χ1v) is 2.80. The van der Waals surface area contributed by atoms with Gasteiger partial charge in [-0.1, -0.05) is 26.7 Å². The van der Waals surface area contributed by atoms with Crippen LogP contribution in [0.15, 0.2) is 0 Å². The van der Waals surface area contributed by atoms with E-state index >= 15 is 0 Å². The van der Waals surface area contributed by atoms with Crippen LogP contribution in [-0.4, -0.2) is 5.75 Å². The Morgan fingerprint density at radius 1 is 1.43 bits per heavy atom. The molecule has 0 aromatic carbocycles. The van der Waals surface area contributed by atoms with Gasteiger partial charge in [0.05, 0.1) is 0 Å². The standard InChI is InChI=1S/C4H10.CHClO/c1-3-4-2;2-1-3/h3-4H2,1-2H3;1H. The molecule has 0 aliphatic rings. The smallest absolute Gasteiger partial charge is 0.208 e. The molecule has 0 N–H and O–H groups in total. The van der Waals surface area contributed by atoms with Crippen LogP contribution in [0.2, 0.25) is 0 Å². The summed E-state index contributed by atoms with van der Waals surface area (Å²) in [5, 5.41) is 0. The lowest BCUT2D eigenvalue weighted by atomic mass is 10.4. The zero-order valence-electron chi connectivity index (χ0n) is 4.78. The van der Waals surface area contributed by atoms with Gasteiger partial charge in [-0.3, -0.25) is 4.79 Å². The first kappa shape index (κ1) is 10.0. The predicted molar refractivity (Wildman–Crippen MR) is 33.2 cm³/mol. The molecular formula is C5H11ClO. The second-order valence-corrected chi connectivity index (χ2v) is 1.27. The van der Waals surface area contributed by atoms with E-state index in [2.05, 4.69) is 25.4 Å². The average molecular weight is 123 g/mol. The molecule has 0 saturated carbocycles. The summed E-state index contributed by atoms with van der Waals surface area (Å²) in [6.45, 7) is 4.36. The highest BCUT2D eigenvalue weighted by atomic mass is 35.5. The SMILES string of the molecule is CCCC.O=CCl. The first-order chi connectivity index (χ1) is 3.33. The minimum Gasteiger partial charge on any atom is -0.285 e. The van der Waals surface area contributed by atoms with E-state index in [1.165, 1.54) is 12.8 Å². The van der Waals surface area contributed by atoms with Crippen LogP contribution >= 0.6 is 11.6 Å². The van der Waals surface area contributed by atoms with Crippen LogP contribution in [0.1, 0.15) is 26.7 Å². The minimum absolute atomic E-state index is 0.222. The molecule has 0 aromatic rings. The van der Waals surface area contributed by atoms with Gasteiger partial charge in [0.1, 0.15) is 0 Å². The summed E-state index contributed by atoms with van der Waals surface area (Å²) in [6.07, 6.45) is 2.64. The van der Waals surface area contributed by atoms with E-state index in [-0.39, 0.29) is 5.75 Å². The number of unbranched alkanes of at least 4 members (excludes halogenated alkanes) is 1. The number of hydrogen-bond donors (Lipinski definition) is 0. The van der Waals surface area contributed by atoms with E-state index in [4.69, 9.17) is 4.79 Å². The van der Waals surface area contributed by atoms with Crippen LogP contribution in [0.3, 0.4) is 0 Å². The number of rotatable bonds is 1. The Kier molecular flexibility index (Phi) is 24.0. The van der Waals surface area contributed by atoms with E-state index in [1.54, 1.807) is 0 Å². The van der Waals surface area contributed by atoms with Gasteiger partial charge in [0.25, 0.3) is 0 Å². The molecule has 0 radical (unpaired) electrons. The summed E-state index contributed by atoms with van der Waals surface area (Å²) >= 11 is 4.32. The Balaban J connectivity index is 0. The molecule has 0 heterocycles. The molecule has 7 heavy (non-hydrogen) atoms. The number of hydrogen-bond acceptors (Lipinski definition) is 1. The zero-order valence-corrected chi connectivity index (χ0v) is 5.53. The second kappa shape index (κ2) is 16.7. The third-order valence-electron chi connectivity index (χ3n) is 0.500. The van der Waals surface area contributed by atoms with E-state index in [9.17, 15) is 0 Å². The molecule has 0 aliphatic heterocycles. The third-order valence-corrected chi connectivity index (χ3v) is 0.500. The van der Waals surface area contributed by atoms with Crippen molar-refractivity contribution in [2.75, 3.05) is 0 Å². The van der Waals surface area contributed by atoms with Gasteiger partial charge in [-0.25, -0.2) is 0 Å². The van der Waals surface area contributed by atoms with Gasteiger partial charge >= 0.3 is 0 Å². The minimum atomic E-state index is 0.222. The van der Waals surface area contributed by atoms with Crippen molar-refractivity contribution in [2.24, 2.45) is 0 Å². The Morgan fingerprint density at radius 3 is 1.57 bits per heavy atom. The molecule has 0 aliphatic carbocycles. The highest BCUT2D eigenvalue weighted by Gasteiger charge is 1.56. The molecule has 0 bridgehead atoms. The van der Waals surface area contributed by atoms with Gasteiger partial charge in [0, 0.05) is 0 Å². The Labute approximate surface area is 49.7 Å². The molecule has 0 aromatic heterocycles. The number of carbonyl (C=O) groups is 1. The highest BCUT2D eigenvalue weighted by Crippen LogP contribution is 1.76. The van der Waals surface area contributed by atoms with E-state index in [0.717, 1.165) is 0 Å². The summed E-state index contributed by atoms with van der Waals surface area (Å²) in [5.74, 6) is 0.222. The summed E-state index contributed by atoms with van der Waals surface area (Å²) in [4.78, 5) is 8.57. The maximum absolute atomic E-state index is 8.57. The van der Waals surface area contributed by atoms with Gasteiger partial charge in [0.15, 0.2) is 0 Å². The van der Waals surface area contributed by atoms with Gasteiger partial charge in [0.2, 0.25) is 5.75 Å². The third kappa shape index (κ3) is 101. The molecule has 0 fully saturated rings. The molecule has 0 atom stereocenters. The van der Waals surface area contributed by atoms with Crippen molar-refractivity contribution in [2.45, 2.75) is 26.7 Å². The van der Waals surface area contributed by atoms with Crippen molar-refractivity contribution in [3.63, 3.8) is 0 Å². The van der Waals surface area contributed by atoms with Gasteiger partial charge in [-0.05, 0) is 11.6 Å². The molecule has 2 heteroatoms. The van der Waals surface area contributed by atoms with Crippen LogP contribution < -0.4 is 0 Å². The monoisotopic (exact) mass is 122 g/mol. The van der Waals surface area contributed by atoms with E-state index < -0.39 is 0 Å². The summed E-state index contributed by atoms with van der Waals surface area (Å²) in [7, 11) is 0. The maximum Gasteiger partial charge on any atom is 0.208 e. The normalized spacial score (nSPS) is 6.14. The lowest BCUT2D eigenvalue weighted by Crippen LogP contribution is -1.47. The van der Waals surface area contributed by atoms with Crippen molar-refractivity contribution >= 4 is 17.3 Å².